The third-order valence-electron chi connectivity index (χ3n) is 0.149. The predicted molar refractivity (Wildman–Crippen MR) is 27.7 cm³/mol. The van der Waals surface area contributed by atoms with Gasteiger partial charge in [0.05, 0.1) is 0 Å². The first kappa shape index (κ1) is 9.85. The molecule has 0 heterocycles. The van der Waals surface area contributed by atoms with Gasteiger partial charge in [0.25, 0.3) is 0 Å². The van der Waals surface area contributed by atoms with Crippen molar-refractivity contribution in [1.82, 2.24) is 0 Å². The molecule has 0 aliphatic rings. The van der Waals surface area contributed by atoms with Crippen LogP contribution in [-0.4, -0.2) is 38.0 Å². The number of hydrogen-bond acceptors (Lipinski definition) is 2. The summed E-state index contributed by atoms with van der Waals surface area (Å²) in [6.45, 7) is 2.96. The van der Waals surface area contributed by atoms with Crippen molar-refractivity contribution in [3.63, 3.8) is 0 Å². The zero-order valence-electron chi connectivity index (χ0n) is 2.55. The van der Waals surface area contributed by atoms with Gasteiger partial charge in [-0.15, -0.1) is 0 Å². The number of hydrogen-bond donors (Lipinski definition) is 1. The van der Waals surface area contributed by atoms with E-state index in [0.29, 0.717) is 0 Å². The number of thiol groups is 1. The van der Waals surface area contributed by atoms with Gasteiger partial charge in [-0.25, -0.2) is 8.42 Å². The molecule has 4 heteroatoms. The fourth-order valence-corrected chi connectivity index (χ4v) is 0. The van der Waals surface area contributed by atoms with E-state index in [-0.39, 0.29) is 29.6 Å². The van der Waals surface area contributed by atoms with Crippen molar-refractivity contribution in [3.05, 3.63) is 12.0 Å². The summed E-state index contributed by atoms with van der Waals surface area (Å²) in [5.74, 6) is 0. The van der Waals surface area contributed by atoms with E-state index in [4.69, 9.17) is 0 Å². The average molecular weight is 116 g/mol. The summed E-state index contributed by atoms with van der Waals surface area (Å²) in [4.78, 5) is 0. The third kappa shape index (κ3) is 8.83. The molecular weight excluding hydrogens is 111 g/mol. The first-order valence-corrected chi connectivity index (χ1v) is 2.28. The molecule has 0 aliphatic heterocycles. The molecule has 6 heavy (non-hydrogen) atoms. The Balaban J connectivity index is 0. The van der Waals surface area contributed by atoms with Gasteiger partial charge in [0, 0.05) is 5.41 Å². The zero-order chi connectivity index (χ0) is 4.28. The van der Waals surface area contributed by atoms with E-state index < -0.39 is 10.7 Å². The van der Waals surface area contributed by atoms with Crippen LogP contribution in [0.2, 0.25) is 0 Å². The van der Waals surface area contributed by atoms with Gasteiger partial charge in [0.15, 0.2) is 10.7 Å². The molecule has 0 saturated carbocycles. The molecular formula is C2H5NaO2S. The fourth-order valence-electron chi connectivity index (χ4n) is 0. The van der Waals surface area contributed by atoms with Gasteiger partial charge in [-0.1, -0.05) is 6.58 Å². The van der Waals surface area contributed by atoms with Gasteiger partial charge in [-0.05, 0) is 0 Å². The van der Waals surface area contributed by atoms with Crippen LogP contribution in [0, 0.1) is 0 Å². The van der Waals surface area contributed by atoms with Crippen molar-refractivity contribution in [3.8, 4) is 0 Å². The minimum absolute atomic E-state index is 0. The summed E-state index contributed by atoms with van der Waals surface area (Å²) >= 11 is 0. The molecule has 0 aliphatic carbocycles. The van der Waals surface area contributed by atoms with E-state index in [0.717, 1.165) is 5.41 Å². The maximum atomic E-state index is 9.29. The average Bonchev–Trinajstić information content (AvgIpc) is 1.38. The van der Waals surface area contributed by atoms with Crippen molar-refractivity contribution in [2.75, 3.05) is 0 Å². The molecule has 0 radical (unpaired) electrons. The van der Waals surface area contributed by atoms with E-state index in [1.807, 2.05) is 0 Å². The Bertz CT molecular complexity index is 87.7. The molecule has 0 spiro atoms. The van der Waals surface area contributed by atoms with E-state index >= 15 is 0 Å². The molecule has 0 aromatic heterocycles. The Morgan fingerprint density at radius 3 is 1.67 bits per heavy atom. The third-order valence-corrected chi connectivity index (χ3v) is 0.447. The van der Waals surface area contributed by atoms with Crippen LogP contribution >= 0.6 is 0 Å². The molecule has 0 fully saturated rings. The summed E-state index contributed by atoms with van der Waals surface area (Å²) in [7, 11) is -2.33. The van der Waals surface area contributed by atoms with Crippen LogP contribution in [0.4, 0.5) is 0 Å². The normalized spacial score (nSPS) is 6.83. The quantitative estimate of drug-likeness (QED) is 0.355. The molecule has 0 rings (SSSR count). The van der Waals surface area contributed by atoms with Crippen molar-refractivity contribution in [2.45, 2.75) is 0 Å². The first-order chi connectivity index (χ1) is 2.27. The summed E-state index contributed by atoms with van der Waals surface area (Å²) in [6, 6.07) is 0. The van der Waals surface area contributed by atoms with E-state index in [1.165, 1.54) is 0 Å². The Kier molecular flexibility index (Phi) is 9.34. The summed E-state index contributed by atoms with van der Waals surface area (Å²) in [6.07, 6.45) is 0. The summed E-state index contributed by atoms with van der Waals surface area (Å²) in [5, 5.41) is 0.870. The van der Waals surface area contributed by atoms with Gasteiger partial charge in [-0.3, -0.25) is 0 Å². The second kappa shape index (κ2) is 5.69. The molecule has 0 aromatic carbocycles. The van der Waals surface area contributed by atoms with Crippen LogP contribution in [0.25, 0.3) is 0 Å². The van der Waals surface area contributed by atoms with E-state index in [9.17, 15) is 8.42 Å². The minimum atomic E-state index is -2.33. The fraction of sp³-hybridized carbons (Fsp3) is 0. The maximum absolute atomic E-state index is 9.29. The molecule has 0 unspecified atom stereocenters. The molecule has 0 aromatic rings. The second-order valence-corrected chi connectivity index (χ2v) is 1.40. The van der Waals surface area contributed by atoms with Crippen molar-refractivity contribution in [2.24, 2.45) is 0 Å². The molecule has 0 saturated heterocycles. The second-order valence-electron chi connectivity index (χ2n) is 0.468. The van der Waals surface area contributed by atoms with Crippen molar-refractivity contribution < 1.29 is 8.42 Å². The first-order valence-electron chi connectivity index (χ1n) is 1.03. The summed E-state index contributed by atoms with van der Waals surface area (Å²) in [5.41, 5.74) is 0. The molecule has 0 bridgehead atoms. The number of rotatable bonds is 1. The van der Waals surface area contributed by atoms with Gasteiger partial charge in [-0.2, -0.15) is 0 Å². The Hall–Kier alpha value is 0.690. The Morgan fingerprint density at radius 2 is 1.67 bits per heavy atom. The standard InChI is InChI=1S/C2H4O2S.Na.H/c1-2-5(3)4;;/h2,5H,1H2;;. The van der Waals surface area contributed by atoms with E-state index in [2.05, 4.69) is 6.58 Å². The molecule has 2 nitrogen and oxygen atoms in total. The predicted octanol–water partition coefficient (Wildman–Crippen LogP) is -0.907. The van der Waals surface area contributed by atoms with Crippen LogP contribution in [0.3, 0.4) is 0 Å². The van der Waals surface area contributed by atoms with Crippen molar-refractivity contribution in [1.29, 1.82) is 0 Å². The molecule has 0 N–H and O–H groups in total. The van der Waals surface area contributed by atoms with Crippen LogP contribution in [0.5, 0.6) is 0 Å². The zero-order valence-corrected chi connectivity index (χ0v) is 3.44. The topological polar surface area (TPSA) is 34.1 Å². The van der Waals surface area contributed by atoms with Crippen LogP contribution < -0.4 is 0 Å². The van der Waals surface area contributed by atoms with Gasteiger partial charge in [0.2, 0.25) is 0 Å². The molecule has 32 valence electrons. The van der Waals surface area contributed by atoms with Gasteiger partial charge in [0.1, 0.15) is 0 Å². The SMILES string of the molecule is C=C[SH](=O)=O.[NaH]. The molecule has 0 amide bonds. The molecule has 0 atom stereocenters. The van der Waals surface area contributed by atoms with Crippen LogP contribution in [0.15, 0.2) is 12.0 Å². The van der Waals surface area contributed by atoms with Crippen LogP contribution in [-0.2, 0) is 10.7 Å². The van der Waals surface area contributed by atoms with Crippen molar-refractivity contribution >= 4 is 40.3 Å². The Morgan fingerprint density at radius 1 is 1.50 bits per heavy atom. The van der Waals surface area contributed by atoms with Gasteiger partial charge < -0.3 is 0 Å². The van der Waals surface area contributed by atoms with E-state index in [1.54, 1.807) is 0 Å². The van der Waals surface area contributed by atoms with Gasteiger partial charge >= 0.3 is 29.6 Å². The monoisotopic (exact) mass is 116 g/mol. The summed E-state index contributed by atoms with van der Waals surface area (Å²) < 4.78 is 18.6. The van der Waals surface area contributed by atoms with Crippen LogP contribution in [0.1, 0.15) is 0 Å². The Labute approximate surface area is 60.5 Å².